The zero-order valence-corrected chi connectivity index (χ0v) is 9.00. The Hall–Kier alpha value is -0.120. The third kappa shape index (κ3) is 3.23. The van der Waals surface area contributed by atoms with Crippen LogP contribution in [0.15, 0.2) is 0 Å². The molecule has 2 aliphatic rings. The van der Waals surface area contributed by atoms with Crippen LogP contribution in [0, 0.1) is 0 Å². The molecule has 0 heterocycles. The molecule has 14 heavy (non-hydrogen) atoms. The highest BCUT2D eigenvalue weighted by Gasteiger charge is 2.25. The number of methoxy groups -OCH3 is 1. The van der Waals surface area contributed by atoms with Gasteiger partial charge in [0.25, 0.3) is 0 Å². The number of nitrogens with one attached hydrogen (secondary N) is 1. The van der Waals surface area contributed by atoms with E-state index in [9.17, 15) is 0 Å². The summed E-state index contributed by atoms with van der Waals surface area (Å²) < 4.78 is 11.1. The molecule has 1 atom stereocenters. The molecule has 82 valence electrons. The summed E-state index contributed by atoms with van der Waals surface area (Å²) in [5.74, 6) is 0. The molecule has 0 bridgehead atoms. The van der Waals surface area contributed by atoms with E-state index in [4.69, 9.17) is 9.47 Å². The van der Waals surface area contributed by atoms with Gasteiger partial charge in [0, 0.05) is 19.7 Å². The van der Waals surface area contributed by atoms with Gasteiger partial charge in [0.05, 0.1) is 18.8 Å². The van der Waals surface area contributed by atoms with Crippen molar-refractivity contribution in [2.24, 2.45) is 0 Å². The summed E-state index contributed by atoms with van der Waals surface area (Å²) >= 11 is 0. The molecule has 0 saturated heterocycles. The second kappa shape index (κ2) is 5.10. The van der Waals surface area contributed by atoms with E-state index in [0.717, 1.165) is 19.2 Å². The van der Waals surface area contributed by atoms with Crippen LogP contribution in [0.25, 0.3) is 0 Å². The van der Waals surface area contributed by atoms with Crippen molar-refractivity contribution >= 4 is 0 Å². The van der Waals surface area contributed by atoms with E-state index in [0.29, 0.717) is 6.10 Å². The quantitative estimate of drug-likeness (QED) is 0.671. The Morgan fingerprint density at radius 3 is 2.57 bits per heavy atom. The molecule has 2 fully saturated rings. The van der Waals surface area contributed by atoms with E-state index >= 15 is 0 Å². The zero-order valence-electron chi connectivity index (χ0n) is 9.00. The second-order valence-corrected chi connectivity index (χ2v) is 4.45. The lowest BCUT2D eigenvalue weighted by Gasteiger charge is -2.30. The molecule has 1 unspecified atom stereocenters. The molecule has 0 aromatic carbocycles. The van der Waals surface area contributed by atoms with Gasteiger partial charge in [-0.25, -0.2) is 0 Å². The third-order valence-corrected chi connectivity index (χ3v) is 3.00. The minimum absolute atomic E-state index is 0.255. The average molecular weight is 199 g/mol. The number of rotatable bonds is 7. The fourth-order valence-corrected chi connectivity index (χ4v) is 1.70. The molecular weight excluding hydrogens is 178 g/mol. The van der Waals surface area contributed by atoms with Gasteiger partial charge in [0.15, 0.2) is 0 Å². The number of hydrogen-bond acceptors (Lipinski definition) is 3. The van der Waals surface area contributed by atoms with Gasteiger partial charge in [-0.05, 0) is 32.1 Å². The summed E-state index contributed by atoms with van der Waals surface area (Å²) in [6, 6.07) is 0.763. The first kappa shape index (κ1) is 10.4. The molecule has 1 N–H and O–H groups in total. The molecule has 2 saturated carbocycles. The average Bonchev–Trinajstić information content (AvgIpc) is 2.90. The predicted octanol–water partition coefficient (Wildman–Crippen LogP) is 1.32. The van der Waals surface area contributed by atoms with Crippen molar-refractivity contribution in [2.75, 3.05) is 20.3 Å². The topological polar surface area (TPSA) is 30.5 Å². The van der Waals surface area contributed by atoms with E-state index in [-0.39, 0.29) is 6.10 Å². The van der Waals surface area contributed by atoms with Crippen molar-refractivity contribution in [3.8, 4) is 0 Å². The SMILES string of the molecule is COCC(CNC1CC1)OC1CCC1. The Kier molecular flexibility index (Phi) is 3.79. The van der Waals surface area contributed by atoms with E-state index in [1.807, 2.05) is 0 Å². The van der Waals surface area contributed by atoms with Gasteiger partial charge in [-0.15, -0.1) is 0 Å². The van der Waals surface area contributed by atoms with Crippen molar-refractivity contribution in [1.82, 2.24) is 5.32 Å². The molecule has 0 aromatic rings. The Bertz CT molecular complexity index is 167. The molecule has 0 aromatic heterocycles. The minimum atomic E-state index is 0.255. The van der Waals surface area contributed by atoms with Crippen LogP contribution in [0.4, 0.5) is 0 Å². The highest BCUT2D eigenvalue weighted by Crippen LogP contribution is 2.24. The summed E-state index contributed by atoms with van der Waals surface area (Å²) in [4.78, 5) is 0. The Morgan fingerprint density at radius 1 is 1.29 bits per heavy atom. The first-order valence-corrected chi connectivity index (χ1v) is 5.76. The molecule has 3 nitrogen and oxygen atoms in total. The maximum absolute atomic E-state index is 5.92. The van der Waals surface area contributed by atoms with Crippen LogP contribution in [0.2, 0.25) is 0 Å². The maximum atomic E-state index is 5.92. The highest BCUT2D eigenvalue weighted by atomic mass is 16.5. The van der Waals surface area contributed by atoms with Gasteiger partial charge >= 0.3 is 0 Å². The van der Waals surface area contributed by atoms with Crippen LogP contribution in [0.3, 0.4) is 0 Å². The van der Waals surface area contributed by atoms with Crippen molar-refractivity contribution in [3.05, 3.63) is 0 Å². The first-order chi connectivity index (χ1) is 6.88. The van der Waals surface area contributed by atoms with Gasteiger partial charge in [-0.1, -0.05) is 0 Å². The van der Waals surface area contributed by atoms with Crippen molar-refractivity contribution in [2.45, 2.75) is 50.4 Å². The van der Waals surface area contributed by atoms with Crippen LogP contribution in [-0.4, -0.2) is 38.5 Å². The fraction of sp³-hybridized carbons (Fsp3) is 1.00. The van der Waals surface area contributed by atoms with Gasteiger partial charge < -0.3 is 14.8 Å². The maximum Gasteiger partial charge on any atom is 0.0936 e. The van der Waals surface area contributed by atoms with Crippen molar-refractivity contribution in [3.63, 3.8) is 0 Å². The van der Waals surface area contributed by atoms with Crippen LogP contribution >= 0.6 is 0 Å². The lowest BCUT2D eigenvalue weighted by atomic mass is 9.96. The molecule has 2 rings (SSSR count). The second-order valence-electron chi connectivity index (χ2n) is 4.45. The lowest BCUT2D eigenvalue weighted by molar-refractivity contribution is -0.0762. The lowest BCUT2D eigenvalue weighted by Crippen LogP contribution is -2.38. The third-order valence-electron chi connectivity index (χ3n) is 3.00. The van der Waals surface area contributed by atoms with Crippen molar-refractivity contribution < 1.29 is 9.47 Å². The molecule has 2 aliphatic carbocycles. The summed E-state index contributed by atoms with van der Waals surface area (Å²) in [6.07, 6.45) is 7.25. The number of ether oxygens (including phenoxy) is 2. The molecule has 0 amide bonds. The largest absolute Gasteiger partial charge is 0.382 e. The van der Waals surface area contributed by atoms with Crippen LogP contribution < -0.4 is 5.32 Å². The van der Waals surface area contributed by atoms with Crippen LogP contribution in [0.5, 0.6) is 0 Å². The Morgan fingerprint density at radius 2 is 2.07 bits per heavy atom. The van der Waals surface area contributed by atoms with Crippen LogP contribution in [0.1, 0.15) is 32.1 Å². The smallest absolute Gasteiger partial charge is 0.0936 e. The molecule has 0 aliphatic heterocycles. The molecule has 3 heteroatoms. The predicted molar refractivity (Wildman–Crippen MR) is 55.4 cm³/mol. The highest BCUT2D eigenvalue weighted by molar-refractivity contribution is 4.82. The van der Waals surface area contributed by atoms with E-state index in [2.05, 4.69) is 5.32 Å². The van der Waals surface area contributed by atoms with Crippen molar-refractivity contribution in [1.29, 1.82) is 0 Å². The van der Waals surface area contributed by atoms with Gasteiger partial charge in [0.2, 0.25) is 0 Å². The molecule has 0 radical (unpaired) electrons. The normalized spacial score (nSPS) is 24.6. The summed E-state index contributed by atoms with van der Waals surface area (Å²) in [5.41, 5.74) is 0. The summed E-state index contributed by atoms with van der Waals surface area (Å²) in [6.45, 7) is 1.67. The fourth-order valence-electron chi connectivity index (χ4n) is 1.70. The minimum Gasteiger partial charge on any atom is -0.382 e. The number of hydrogen-bond donors (Lipinski definition) is 1. The van der Waals surface area contributed by atoms with E-state index < -0.39 is 0 Å². The van der Waals surface area contributed by atoms with E-state index in [1.54, 1.807) is 7.11 Å². The zero-order chi connectivity index (χ0) is 9.80. The molecule has 0 spiro atoms. The summed E-state index contributed by atoms with van der Waals surface area (Å²) in [7, 11) is 1.74. The van der Waals surface area contributed by atoms with Gasteiger partial charge in [0.1, 0.15) is 0 Å². The standard InChI is InChI=1S/C11H21NO2/c1-13-8-11(7-12-9-5-6-9)14-10-3-2-4-10/h9-12H,2-8H2,1H3. The summed E-state index contributed by atoms with van der Waals surface area (Å²) in [5, 5.41) is 3.49. The van der Waals surface area contributed by atoms with Crippen LogP contribution in [-0.2, 0) is 9.47 Å². The Balaban J connectivity index is 1.62. The first-order valence-electron chi connectivity index (χ1n) is 5.76. The Labute approximate surface area is 86.2 Å². The monoisotopic (exact) mass is 199 g/mol. The van der Waals surface area contributed by atoms with E-state index in [1.165, 1.54) is 32.1 Å². The molecular formula is C11H21NO2. The van der Waals surface area contributed by atoms with Gasteiger partial charge in [-0.2, -0.15) is 0 Å². The van der Waals surface area contributed by atoms with Gasteiger partial charge in [-0.3, -0.25) is 0 Å².